The molecule has 0 atom stereocenters. The molecule has 0 bridgehead atoms. The van der Waals surface area contributed by atoms with Crippen molar-refractivity contribution >= 4 is 16.8 Å². The van der Waals surface area contributed by atoms with Crippen LogP contribution >= 0.6 is 11.8 Å². The lowest BCUT2D eigenvalue weighted by molar-refractivity contribution is 0.380. The van der Waals surface area contributed by atoms with Gasteiger partial charge in [0.15, 0.2) is 0 Å². The van der Waals surface area contributed by atoms with Gasteiger partial charge in [-0.3, -0.25) is 0 Å². The van der Waals surface area contributed by atoms with Crippen LogP contribution in [0.4, 0.5) is 0 Å². The van der Waals surface area contributed by atoms with E-state index in [0.717, 1.165) is 16.1 Å². The van der Waals surface area contributed by atoms with E-state index in [1.165, 1.54) is 12.8 Å². The van der Waals surface area contributed by atoms with Crippen molar-refractivity contribution in [2.75, 3.05) is 0 Å². The molecule has 1 aliphatic heterocycles. The molecular weight excluding hydrogens is 192 g/mol. The van der Waals surface area contributed by atoms with E-state index >= 15 is 0 Å². The molecule has 0 aromatic heterocycles. The zero-order valence-electron chi connectivity index (χ0n) is 8.73. The maximum Gasteiger partial charge on any atom is 0.126 e. The van der Waals surface area contributed by atoms with Crippen LogP contribution in [0.3, 0.4) is 0 Å². The summed E-state index contributed by atoms with van der Waals surface area (Å²) in [7, 11) is 0. The second-order valence-corrected chi connectivity index (χ2v) is 5.32. The van der Waals surface area contributed by atoms with Gasteiger partial charge in [0.05, 0.1) is 0 Å². The van der Waals surface area contributed by atoms with Gasteiger partial charge in [-0.05, 0) is 32.8 Å². The Morgan fingerprint density at radius 3 is 2.79 bits per heavy atom. The molecule has 2 aliphatic rings. The van der Waals surface area contributed by atoms with Crippen molar-refractivity contribution in [2.45, 2.75) is 38.0 Å². The van der Waals surface area contributed by atoms with Crippen LogP contribution in [0.2, 0.25) is 0 Å². The Hall–Kier alpha value is -0.700. The topological polar surface area (TPSA) is 15.6 Å². The largest absolute Gasteiger partial charge is 0.331 e. The van der Waals surface area contributed by atoms with Crippen LogP contribution in [0.5, 0.6) is 0 Å². The summed E-state index contributed by atoms with van der Waals surface area (Å²) in [5.74, 6) is 0.866. The molecule has 0 unspecified atom stereocenters. The van der Waals surface area contributed by atoms with Crippen LogP contribution in [0.25, 0.3) is 0 Å². The lowest BCUT2D eigenvalue weighted by Crippen LogP contribution is -2.26. The molecule has 3 heteroatoms. The summed E-state index contributed by atoms with van der Waals surface area (Å²) in [5.41, 5.74) is 0. The molecule has 0 radical (unpaired) electrons. The average molecular weight is 208 g/mol. The standard InChI is InChI=1S/C11H16N2S/c1-8(2)13-7-6-11(12-9(13)3)14-10-4-5-10/h6-8,10H,3-5H2,1-2H3. The first kappa shape index (κ1) is 9.84. The van der Waals surface area contributed by atoms with Crippen molar-refractivity contribution in [1.29, 1.82) is 0 Å². The van der Waals surface area contributed by atoms with E-state index in [4.69, 9.17) is 0 Å². The molecule has 1 aliphatic carbocycles. The number of thioether (sulfide) groups is 1. The number of aliphatic imine (C=N–C) groups is 1. The number of rotatable bonds is 2. The molecule has 0 saturated heterocycles. The Morgan fingerprint density at radius 1 is 1.57 bits per heavy atom. The van der Waals surface area contributed by atoms with Gasteiger partial charge in [-0.15, -0.1) is 11.8 Å². The lowest BCUT2D eigenvalue weighted by Gasteiger charge is -2.27. The highest BCUT2D eigenvalue weighted by atomic mass is 32.2. The van der Waals surface area contributed by atoms with E-state index in [-0.39, 0.29) is 0 Å². The molecule has 2 nitrogen and oxygen atoms in total. The first-order valence-corrected chi connectivity index (χ1v) is 5.95. The number of hydrogen-bond donors (Lipinski definition) is 0. The molecule has 2 rings (SSSR count). The van der Waals surface area contributed by atoms with Gasteiger partial charge in [0, 0.05) is 17.5 Å². The van der Waals surface area contributed by atoms with Gasteiger partial charge in [0.1, 0.15) is 10.9 Å². The quantitative estimate of drug-likeness (QED) is 0.693. The Morgan fingerprint density at radius 2 is 2.29 bits per heavy atom. The number of nitrogens with zero attached hydrogens (tertiary/aromatic N) is 2. The normalized spacial score (nSPS) is 21.8. The van der Waals surface area contributed by atoms with Crippen LogP contribution in [0, 0.1) is 0 Å². The van der Waals surface area contributed by atoms with Crippen molar-refractivity contribution < 1.29 is 0 Å². The van der Waals surface area contributed by atoms with Gasteiger partial charge in [-0.1, -0.05) is 6.58 Å². The van der Waals surface area contributed by atoms with E-state index in [0.29, 0.717) is 6.04 Å². The predicted octanol–water partition coefficient (Wildman–Crippen LogP) is 2.99. The van der Waals surface area contributed by atoms with Gasteiger partial charge in [-0.25, -0.2) is 4.99 Å². The SMILES string of the molecule is C=C1N=C(SC2CC2)C=CN1C(C)C. The fourth-order valence-corrected chi connectivity index (χ4v) is 2.36. The summed E-state index contributed by atoms with van der Waals surface area (Å²) in [6.07, 6.45) is 6.87. The third-order valence-corrected chi connectivity index (χ3v) is 3.56. The van der Waals surface area contributed by atoms with E-state index < -0.39 is 0 Å². The molecule has 0 amide bonds. The fourth-order valence-electron chi connectivity index (χ4n) is 1.34. The second-order valence-electron chi connectivity index (χ2n) is 4.00. The fraction of sp³-hybridized carbons (Fsp3) is 0.545. The van der Waals surface area contributed by atoms with Crippen molar-refractivity contribution in [2.24, 2.45) is 4.99 Å². The Labute approximate surface area is 89.8 Å². The molecular formula is C11H16N2S. The maximum atomic E-state index is 4.49. The highest BCUT2D eigenvalue weighted by molar-refractivity contribution is 8.15. The average Bonchev–Trinajstić information content (AvgIpc) is 2.87. The second kappa shape index (κ2) is 3.81. The smallest absolute Gasteiger partial charge is 0.126 e. The third kappa shape index (κ3) is 2.21. The van der Waals surface area contributed by atoms with Gasteiger partial charge >= 0.3 is 0 Å². The zero-order chi connectivity index (χ0) is 10.1. The first-order valence-electron chi connectivity index (χ1n) is 5.07. The van der Waals surface area contributed by atoms with Gasteiger partial charge in [-0.2, -0.15) is 0 Å². The predicted molar refractivity (Wildman–Crippen MR) is 63.3 cm³/mol. The maximum absolute atomic E-state index is 4.49. The van der Waals surface area contributed by atoms with E-state index in [2.05, 4.69) is 42.6 Å². The minimum absolute atomic E-state index is 0.440. The van der Waals surface area contributed by atoms with Crippen LogP contribution in [-0.2, 0) is 0 Å². The van der Waals surface area contributed by atoms with Gasteiger partial charge < -0.3 is 4.90 Å². The number of hydrogen-bond acceptors (Lipinski definition) is 3. The van der Waals surface area contributed by atoms with Crippen molar-refractivity contribution in [3.63, 3.8) is 0 Å². The Kier molecular flexibility index (Phi) is 2.68. The monoisotopic (exact) mass is 208 g/mol. The van der Waals surface area contributed by atoms with E-state index in [1.54, 1.807) is 0 Å². The van der Waals surface area contributed by atoms with Crippen LogP contribution in [0.1, 0.15) is 26.7 Å². The van der Waals surface area contributed by atoms with Crippen LogP contribution in [-0.4, -0.2) is 21.2 Å². The minimum Gasteiger partial charge on any atom is -0.331 e. The molecule has 0 spiro atoms. The lowest BCUT2D eigenvalue weighted by atomic mass is 10.3. The summed E-state index contributed by atoms with van der Waals surface area (Å²) in [4.78, 5) is 6.58. The van der Waals surface area contributed by atoms with Crippen molar-refractivity contribution in [1.82, 2.24) is 4.90 Å². The first-order chi connectivity index (χ1) is 6.66. The van der Waals surface area contributed by atoms with Crippen LogP contribution < -0.4 is 0 Å². The van der Waals surface area contributed by atoms with Gasteiger partial charge in [0.25, 0.3) is 0 Å². The van der Waals surface area contributed by atoms with Crippen molar-refractivity contribution in [3.8, 4) is 0 Å². The summed E-state index contributed by atoms with van der Waals surface area (Å²) in [6, 6.07) is 0.440. The Balaban J connectivity index is 2.00. The molecule has 0 aromatic rings. The third-order valence-electron chi connectivity index (χ3n) is 2.28. The molecule has 1 saturated carbocycles. The van der Waals surface area contributed by atoms with E-state index in [9.17, 15) is 0 Å². The highest BCUT2D eigenvalue weighted by Gasteiger charge is 2.24. The summed E-state index contributed by atoms with van der Waals surface area (Å²) >= 11 is 1.88. The summed E-state index contributed by atoms with van der Waals surface area (Å²) < 4.78 is 0. The zero-order valence-corrected chi connectivity index (χ0v) is 9.55. The molecule has 14 heavy (non-hydrogen) atoms. The molecule has 76 valence electrons. The summed E-state index contributed by atoms with van der Waals surface area (Å²) in [6.45, 7) is 8.25. The Bertz CT molecular complexity index is 300. The molecule has 0 aromatic carbocycles. The van der Waals surface area contributed by atoms with Gasteiger partial charge in [0.2, 0.25) is 0 Å². The van der Waals surface area contributed by atoms with E-state index in [1.807, 2.05) is 11.8 Å². The molecule has 1 heterocycles. The molecule has 1 fully saturated rings. The minimum atomic E-state index is 0.440. The van der Waals surface area contributed by atoms with Crippen molar-refractivity contribution in [3.05, 3.63) is 24.7 Å². The molecule has 0 N–H and O–H groups in total. The van der Waals surface area contributed by atoms with Crippen LogP contribution in [0.15, 0.2) is 29.7 Å². The highest BCUT2D eigenvalue weighted by Crippen LogP contribution is 2.36. The summed E-state index contributed by atoms with van der Waals surface area (Å²) in [5, 5.41) is 1.94.